The molecule has 0 spiro atoms. The fourth-order valence-electron chi connectivity index (χ4n) is 3.12. The molecule has 1 aliphatic carbocycles. The van der Waals surface area contributed by atoms with Gasteiger partial charge in [0.1, 0.15) is 11.7 Å². The predicted octanol–water partition coefficient (Wildman–Crippen LogP) is 4.01. The predicted molar refractivity (Wildman–Crippen MR) is 66.3 cm³/mol. The normalized spacial score (nSPS) is 28.8. The fraction of sp³-hybridized carbons (Fsp3) is 0.667. The molecule has 18 heavy (non-hydrogen) atoms. The maximum atomic E-state index is 9.75. The zero-order chi connectivity index (χ0) is 14.1. The molecule has 104 valence electrons. The van der Waals surface area contributed by atoms with Crippen LogP contribution in [0.15, 0.2) is 23.4 Å². The average molecular weight is 265 g/mol. The van der Waals surface area contributed by atoms with Gasteiger partial charge in [-0.15, -0.1) is 0 Å². The second-order valence-electron chi connectivity index (χ2n) is 5.56. The molecule has 3 aliphatic rings. The molecule has 0 amide bonds. The van der Waals surface area contributed by atoms with E-state index in [0.29, 0.717) is 0 Å². The molecule has 2 heterocycles. The lowest BCUT2D eigenvalue weighted by molar-refractivity contribution is -0.881. The topological polar surface area (TPSA) is 0 Å². The molecule has 1 nitrogen and oxygen atoms in total. The van der Waals surface area contributed by atoms with E-state index in [1.54, 1.807) is 5.70 Å². The number of allylic oxidation sites excluding steroid dienone is 2. The van der Waals surface area contributed by atoms with Crippen LogP contribution < -0.4 is 0 Å². The van der Waals surface area contributed by atoms with Gasteiger partial charge in [-0.2, -0.15) is 0 Å². The van der Waals surface area contributed by atoms with Crippen LogP contribution in [-0.4, -0.2) is 31.9 Å². The van der Waals surface area contributed by atoms with Gasteiger partial charge in [0, 0.05) is 6.42 Å². The first-order valence-corrected chi connectivity index (χ1v) is 6.10. The van der Waals surface area contributed by atoms with E-state index in [9.17, 15) is 17.3 Å². The molecule has 2 aliphatic heterocycles. The summed E-state index contributed by atoms with van der Waals surface area (Å²) in [6.45, 7) is 4.51. The first-order valence-electron chi connectivity index (χ1n) is 6.10. The van der Waals surface area contributed by atoms with E-state index in [1.165, 1.54) is 18.4 Å². The van der Waals surface area contributed by atoms with Crippen molar-refractivity contribution in [2.45, 2.75) is 32.7 Å². The molecular formula is C12H20BF4N. The quantitative estimate of drug-likeness (QED) is 0.269. The van der Waals surface area contributed by atoms with Gasteiger partial charge in [0.05, 0.1) is 20.0 Å². The summed E-state index contributed by atoms with van der Waals surface area (Å²) in [6.07, 6.45) is 7.56. The second-order valence-corrected chi connectivity index (χ2v) is 5.56. The third kappa shape index (κ3) is 3.61. The molecule has 0 aromatic carbocycles. The first-order chi connectivity index (χ1) is 8.03. The van der Waals surface area contributed by atoms with Crippen LogP contribution in [0.5, 0.6) is 0 Å². The Morgan fingerprint density at radius 2 is 1.61 bits per heavy atom. The first kappa shape index (κ1) is 15.3. The van der Waals surface area contributed by atoms with Crippen LogP contribution in [0, 0.1) is 5.92 Å². The molecule has 0 radical (unpaired) electrons. The summed E-state index contributed by atoms with van der Waals surface area (Å²) < 4.78 is 40.1. The van der Waals surface area contributed by atoms with E-state index < -0.39 is 7.25 Å². The molecule has 2 unspecified atom stereocenters. The molecule has 1 fully saturated rings. The molecule has 0 saturated carbocycles. The van der Waals surface area contributed by atoms with E-state index in [1.807, 2.05) is 0 Å². The summed E-state index contributed by atoms with van der Waals surface area (Å²) in [5.74, 6) is 0.727. The number of rotatable bonds is 0. The minimum Gasteiger partial charge on any atom is -0.418 e. The number of quaternary nitrogens is 1. The van der Waals surface area contributed by atoms with Gasteiger partial charge in [-0.3, -0.25) is 4.48 Å². The van der Waals surface area contributed by atoms with Gasteiger partial charge in [-0.1, -0.05) is 6.08 Å². The van der Waals surface area contributed by atoms with Gasteiger partial charge < -0.3 is 17.3 Å². The Hall–Kier alpha value is -0.775. The highest BCUT2D eigenvalue weighted by Crippen LogP contribution is 2.42. The standard InChI is InChI=1S/C12H20N.BF4/c1-9(2)12-10-5-7-11(8-6-10)13(12,3)4;2-1(3,4)5/h5,7,10-11H,6,8H2,1-4H3;/q+1;-1. The van der Waals surface area contributed by atoms with E-state index in [2.05, 4.69) is 40.1 Å². The minimum atomic E-state index is -6.00. The largest absolute Gasteiger partial charge is 0.673 e. The number of fused-ring (bicyclic) bond motifs is 2. The Bertz CT molecular complexity index is 361. The Morgan fingerprint density at radius 1 is 1.11 bits per heavy atom. The van der Waals surface area contributed by atoms with Gasteiger partial charge in [0.15, 0.2) is 0 Å². The summed E-state index contributed by atoms with van der Waals surface area (Å²) >= 11 is 0. The maximum absolute atomic E-state index is 9.75. The summed E-state index contributed by atoms with van der Waals surface area (Å²) in [4.78, 5) is 0. The molecule has 0 N–H and O–H groups in total. The second kappa shape index (κ2) is 5.07. The summed E-state index contributed by atoms with van der Waals surface area (Å²) in [7, 11) is -1.30. The van der Waals surface area contributed by atoms with Crippen molar-refractivity contribution in [1.29, 1.82) is 0 Å². The van der Waals surface area contributed by atoms with E-state index in [-0.39, 0.29) is 0 Å². The highest BCUT2D eigenvalue weighted by molar-refractivity contribution is 6.50. The monoisotopic (exact) mass is 265 g/mol. The van der Waals surface area contributed by atoms with Crippen LogP contribution in [0.3, 0.4) is 0 Å². The lowest BCUT2D eigenvalue weighted by atomic mass is 9.80. The summed E-state index contributed by atoms with van der Waals surface area (Å²) in [6, 6.07) is 0.731. The van der Waals surface area contributed by atoms with E-state index in [4.69, 9.17) is 0 Å². The third-order valence-electron chi connectivity index (χ3n) is 3.65. The zero-order valence-corrected chi connectivity index (χ0v) is 11.3. The van der Waals surface area contributed by atoms with Gasteiger partial charge in [-0.05, 0) is 31.9 Å². The summed E-state index contributed by atoms with van der Waals surface area (Å²) in [5, 5.41) is 0. The number of piperidine rings is 1. The number of nitrogens with zero attached hydrogens (tertiary/aromatic N) is 1. The Kier molecular flexibility index (Phi) is 4.31. The zero-order valence-electron chi connectivity index (χ0n) is 11.3. The van der Waals surface area contributed by atoms with Crippen molar-refractivity contribution < 1.29 is 21.7 Å². The van der Waals surface area contributed by atoms with Crippen LogP contribution in [0.1, 0.15) is 26.7 Å². The number of halogens is 4. The number of likely N-dealkylation sites (N-methyl/N-ethyl adjacent to an activating group) is 1. The highest BCUT2D eigenvalue weighted by atomic mass is 19.5. The molecule has 1 saturated heterocycles. The van der Waals surface area contributed by atoms with E-state index >= 15 is 0 Å². The van der Waals surface area contributed by atoms with Crippen molar-refractivity contribution in [2.24, 2.45) is 5.92 Å². The summed E-state index contributed by atoms with van der Waals surface area (Å²) in [5.41, 5.74) is 3.17. The Morgan fingerprint density at radius 3 is 1.83 bits per heavy atom. The van der Waals surface area contributed by atoms with Crippen LogP contribution in [0.4, 0.5) is 17.3 Å². The molecule has 0 aromatic heterocycles. The Balaban J connectivity index is 0.000000280. The fourth-order valence-corrected chi connectivity index (χ4v) is 3.12. The van der Waals surface area contributed by atoms with Crippen molar-refractivity contribution in [3.63, 3.8) is 0 Å². The number of hydrogen-bond donors (Lipinski definition) is 0. The third-order valence-corrected chi connectivity index (χ3v) is 3.65. The average Bonchev–Trinajstić information content (AvgIpc) is 2.14. The van der Waals surface area contributed by atoms with Gasteiger partial charge in [0.2, 0.25) is 0 Å². The SMILES string of the molecule is CC(C)=C1C2C=CC(CC2)[N+]1(C)C.F[B-](F)(F)F. The molecule has 6 heteroatoms. The van der Waals surface area contributed by atoms with Crippen LogP contribution in [0.2, 0.25) is 0 Å². The van der Waals surface area contributed by atoms with Crippen LogP contribution in [0.25, 0.3) is 0 Å². The molecule has 2 atom stereocenters. The molecule has 3 rings (SSSR count). The smallest absolute Gasteiger partial charge is 0.418 e. The number of hydrogen-bond acceptors (Lipinski definition) is 0. The molecule has 0 aromatic rings. The van der Waals surface area contributed by atoms with Gasteiger partial charge in [-0.25, -0.2) is 0 Å². The van der Waals surface area contributed by atoms with Crippen LogP contribution in [-0.2, 0) is 0 Å². The Labute approximate surface area is 106 Å². The lowest BCUT2D eigenvalue weighted by Gasteiger charge is -2.48. The van der Waals surface area contributed by atoms with Gasteiger partial charge >= 0.3 is 7.25 Å². The van der Waals surface area contributed by atoms with Crippen LogP contribution >= 0.6 is 0 Å². The van der Waals surface area contributed by atoms with Crippen molar-refractivity contribution >= 4 is 7.25 Å². The van der Waals surface area contributed by atoms with E-state index in [0.717, 1.165) is 16.4 Å². The lowest BCUT2D eigenvalue weighted by Crippen LogP contribution is -2.54. The van der Waals surface area contributed by atoms with Gasteiger partial charge in [0.25, 0.3) is 0 Å². The van der Waals surface area contributed by atoms with Crippen molar-refractivity contribution in [3.05, 3.63) is 23.4 Å². The van der Waals surface area contributed by atoms with Crippen molar-refractivity contribution in [1.82, 2.24) is 0 Å². The minimum absolute atomic E-state index is 0.727. The van der Waals surface area contributed by atoms with Crippen molar-refractivity contribution in [3.8, 4) is 0 Å². The molecule has 2 bridgehead atoms. The maximum Gasteiger partial charge on any atom is 0.673 e. The highest BCUT2D eigenvalue weighted by Gasteiger charge is 2.43. The molecular weight excluding hydrogens is 245 g/mol. The van der Waals surface area contributed by atoms with Crippen molar-refractivity contribution in [2.75, 3.05) is 14.1 Å².